The maximum absolute atomic E-state index is 12.3. The van der Waals surface area contributed by atoms with Crippen LogP contribution in [0, 0.1) is 0 Å². The van der Waals surface area contributed by atoms with E-state index in [2.05, 4.69) is 0 Å². The molecule has 0 N–H and O–H groups in total. The summed E-state index contributed by atoms with van der Waals surface area (Å²) in [6.07, 6.45) is 3.59. The summed E-state index contributed by atoms with van der Waals surface area (Å²) in [5, 5.41) is 0. The third kappa shape index (κ3) is 5.31. The number of rotatable bonds is 5. The highest BCUT2D eigenvalue weighted by atomic mass is 32.2. The Balaban J connectivity index is 2.20. The second-order valence-corrected chi connectivity index (χ2v) is 8.89. The zero-order valence-electron chi connectivity index (χ0n) is 15.1. The van der Waals surface area contributed by atoms with Crippen molar-refractivity contribution in [1.29, 1.82) is 0 Å². The van der Waals surface area contributed by atoms with Gasteiger partial charge in [-0.1, -0.05) is 24.3 Å². The number of ether oxygens (including phenoxy) is 2. The molecule has 1 aromatic rings. The first-order valence-electron chi connectivity index (χ1n) is 8.13. The molecule has 0 aromatic heterocycles. The summed E-state index contributed by atoms with van der Waals surface area (Å²) >= 11 is 0. The Kier molecular flexibility index (Phi) is 5.90. The van der Waals surface area contributed by atoms with Crippen molar-refractivity contribution in [2.24, 2.45) is 0 Å². The second-order valence-electron chi connectivity index (χ2n) is 6.92. The molecule has 0 saturated carbocycles. The van der Waals surface area contributed by atoms with Crippen molar-refractivity contribution in [2.75, 3.05) is 19.4 Å². The van der Waals surface area contributed by atoms with Gasteiger partial charge >= 0.3 is 5.97 Å². The molecule has 0 saturated heterocycles. The van der Waals surface area contributed by atoms with E-state index in [4.69, 9.17) is 9.47 Å². The molecule has 0 fully saturated rings. The van der Waals surface area contributed by atoms with E-state index in [0.717, 1.165) is 11.3 Å². The number of hydrogen-bond donors (Lipinski definition) is 0. The Labute approximate surface area is 149 Å². The lowest BCUT2D eigenvalue weighted by Gasteiger charge is -2.29. The Morgan fingerprint density at radius 2 is 1.84 bits per heavy atom. The van der Waals surface area contributed by atoms with Gasteiger partial charge in [0.2, 0.25) is 10.0 Å². The molecule has 0 unspecified atom stereocenters. The van der Waals surface area contributed by atoms with E-state index in [1.165, 1.54) is 11.4 Å². The monoisotopic (exact) mass is 367 g/mol. The van der Waals surface area contributed by atoms with Crippen LogP contribution in [0.4, 0.5) is 0 Å². The Hall–Kier alpha value is -1.86. The van der Waals surface area contributed by atoms with Gasteiger partial charge in [0.15, 0.2) is 0 Å². The van der Waals surface area contributed by atoms with Crippen molar-refractivity contribution in [3.8, 4) is 5.75 Å². The van der Waals surface area contributed by atoms with Crippen molar-refractivity contribution in [2.45, 2.75) is 38.8 Å². The maximum atomic E-state index is 12.3. The van der Waals surface area contributed by atoms with Gasteiger partial charge in [0, 0.05) is 6.54 Å². The topological polar surface area (TPSA) is 72.9 Å². The summed E-state index contributed by atoms with van der Waals surface area (Å²) in [4.78, 5) is 12.2. The van der Waals surface area contributed by atoms with Crippen LogP contribution in [0.5, 0.6) is 5.75 Å². The minimum atomic E-state index is -3.51. The van der Waals surface area contributed by atoms with Gasteiger partial charge in [-0.15, -0.1) is 0 Å². The molecule has 0 amide bonds. The van der Waals surface area contributed by atoms with Crippen molar-refractivity contribution in [1.82, 2.24) is 4.31 Å². The summed E-state index contributed by atoms with van der Waals surface area (Å²) in [7, 11) is -2.24. The van der Waals surface area contributed by atoms with Gasteiger partial charge in [0.25, 0.3) is 0 Å². The minimum Gasteiger partial charge on any atom is -0.488 e. The van der Waals surface area contributed by atoms with Crippen LogP contribution in [-0.2, 0) is 26.0 Å². The molecule has 0 radical (unpaired) electrons. The summed E-state index contributed by atoms with van der Waals surface area (Å²) < 4.78 is 36.4. The van der Waals surface area contributed by atoms with Crippen LogP contribution in [0.25, 0.3) is 0 Å². The molecule has 25 heavy (non-hydrogen) atoms. The number of methoxy groups -OCH3 is 1. The largest absolute Gasteiger partial charge is 0.488 e. The van der Waals surface area contributed by atoms with E-state index in [-0.39, 0.29) is 24.3 Å². The van der Waals surface area contributed by atoms with E-state index in [1.54, 1.807) is 12.2 Å². The van der Waals surface area contributed by atoms with Gasteiger partial charge in [-0.25, -0.2) is 8.42 Å². The Morgan fingerprint density at radius 1 is 1.20 bits per heavy atom. The fourth-order valence-corrected chi connectivity index (χ4v) is 4.04. The zero-order valence-corrected chi connectivity index (χ0v) is 15.9. The first-order chi connectivity index (χ1) is 11.6. The average molecular weight is 367 g/mol. The molecule has 0 bridgehead atoms. The molecule has 1 aliphatic heterocycles. The minimum absolute atomic E-state index is 0.0984. The molecular formula is C18H25NO5S. The molecule has 0 spiro atoms. The van der Waals surface area contributed by atoms with Crippen LogP contribution in [0.2, 0.25) is 0 Å². The number of benzene rings is 1. The van der Waals surface area contributed by atoms with Gasteiger partial charge in [-0.3, -0.25) is 4.79 Å². The highest BCUT2D eigenvalue weighted by Crippen LogP contribution is 2.22. The Bertz CT molecular complexity index is 732. The number of sulfonamides is 1. The van der Waals surface area contributed by atoms with Gasteiger partial charge in [-0.05, 0) is 44.9 Å². The predicted molar refractivity (Wildman–Crippen MR) is 96.0 cm³/mol. The van der Waals surface area contributed by atoms with Gasteiger partial charge in [-0.2, -0.15) is 4.31 Å². The molecule has 1 aliphatic rings. The number of esters is 1. The van der Waals surface area contributed by atoms with Crippen LogP contribution in [0.3, 0.4) is 0 Å². The van der Waals surface area contributed by atoms with E-state index >= 15 is 0 Å². The molecule has 2 rings (SSSR count). The number of nitrogens with zero attached hydrogens (tertiary/aromatic N) is 1. The van der Waals surface area contributed by atoms with Crippen molar-refractivity contribution < 1.29 is 22.7 Å². The van der Waals surface area contributed by atoms with Crippen LogP contribution in [0.15, 0.2) is 36.4 Å². The van der Waals surface area contributed by atoms with Crippen LogP contribution in [-0.4, -0.2) is 49.7 Å². The molecular weight excluding hydrogens is 342 g/mol. The molecule has 138 valence electrons. The highest BCUT2D eigenvalue weighted by molar-refractivity contribution is 7.89. The first-order valence-corrected chi connectivity index (χ1v) is 9.73. The van der Waals surface area contributed by atoms with Crippen LogP contribution < -0.4 is 4.74 Å². The smallest absolute Gasteiger partial charge is 0.324 e. The number of carbonyl (C=O) groups excluding carboxylic acids is 1. The van der Waals surface area contributed by atoms with E-state index in [0.29, 0.717) is 0 Å². The van der Waals surface area contributed by atoms with Crippen molar-refractivity contribution in [3.05, 3.63) is 42.0 Å². The molecule has 0 aliphatic carbocycles. The number of carbonyl (C=O) groups is 1. The lowest BCUT2D eigenvalue weighted by atomic mass is 10.1. The average Bonchev–Trinajstić information content (AvgIpc) is 2.52. The lowest BCUT2D eigenvalue weighted by molar-refractivity contribution is -0.145. The summed E-state index contributed by atoms with van der Waals surface area (Å²) in [6, 6.07) is 6.43. The number of hydrogen-bond acceptors (Lipinski definition) is 5. The van der Waals surface area contributed by atoms with Crippen LogP contribution in [0.1, 0.15) is 26.3 Å². The standard InChI is InChI=1S/C18H25NO5S/c1-18(2,3)24-15-9-7-14(8-10-15)13-16(17(20)23-4)19-11-5-6-12-25(19,21)22/h5-10,16H,11-13H2,1-4H3/t16-/m0/s1. The highest BCUT2D eigenvalue weighted by Gasteiger charge is 2.35. The molecule has 7 heteroatoms. The van der Waals surface area contributed by atoms with Gasteiger partial charge in [0.05, 0.1) is 12.9 Å². The van der Waals surface area contributed by atoms with Crippen molar-refractivity contribution in [3.63, 3.8) is 0 Å². The summed E-state index contributed by atoms with van der Waals surface area (Å²) in [5.74, 6) is 0.0621. The fraction of sp³-hybridized carbons (Fsp3) is 0.500. The summed E-state index contributed by atoms with van der Waals surface area (Å²) in [6.45, 7) is 6.06. The van der Waals surface area contributed by atoms with Crippen LogP contribution >= 0.6 is 0 Å². The van der Waals surface area contributed by atoms with E-state index in [9.17, 15) is 13.2 Å². The predicted octanol–water partition coefficient (Wildman–Crippen LogP) is 2.15. The van der Waals surface area contributed by atoms with Gasteiger partial charge < -0.3 is 9.47 Å². The van der Waals surface area contributed by atoms with E-state index < -0.39 is 22.0 Å². The van der Waals surface area contributed by atoms with E-state index in [1.807, 2.05) is 45.0 Å². The first kappa shape index (κ1) is 19.5. The Morgan fingerprint density at radius 3 is 2.36 bits per heavy atom. The summed E-state index contributed by atoms with van der Waals surface area (Å²) in [5.41, 5.74) is 0.533. The maximum Gasteiger partial charge on any atom is 0.324 e. The molecule has 1 atom stereocenters. The lowest BCUT2D eigenvalue weighted by Crippen LogP contribution is -2.48. The molecule has 6 nitrogen and oxygen atoms in total. The third-order valence-corrected chi connectivity index (χ3v) is 5.45. The fourth-order valence-electron chi connectivity index (χ4n) is 2.61. The normalized spacial score (nSPS) is 18.6. The van der Waals surface area contributed by atoms with Gasteiger partial charge in [0.1, 0.15) is 17.4 Å². The quantitative estimate of drug-likeness (QED) is 0.589. The molecule has 1 aromatic carbocycles. The van der Waals surface area contributed by atoms with Crippen molar-refractivity contribution >= 4 is 16.0 Å². The molecule has 1 heterocycles. The SMILES string of the molecule is COC(=O)[C@H](Cc1ccc(OC(C)(C)C)cc1)N1CC=CCS1(=O)=O. The third-order valence-electron chi connectivity index (χ3n) is 3.71. The zero-order chi connectivity index (χ0) is 18.7. The second kappa shape index (κ2) is 7.58.